The number of unbranched alkanes of at least 4 members (excludes halogenated alkanes) is 2. The standard InChI is InChI=1S/C29H32N2O5.C28H32N2O3.C24H24N2O3/c1-4-5-16-36-27-25-28(33)30(19(2)3)18-23(31(25)17-22(26(27)32)29(34)35)24(20-12-8-6-9-13-20)21-14-10-7-11-15-21;1-4-5-18-33-27-24(31)16-17-29-23(19-30(20(2)3)28(32)26(27)29)25(21-12-8-6-9-13-21)22-14-10-7-11-15-22;1-16(2)26-15-19(25-14-13-20(27)23(28)22(25)24(26)29)21(17-9-5-3-6-10-17)18-11-7-4-8-12-18/h6-15,17,19,23-24H,4-5,16,18H2,1-3H3,(H,34,35);6-17,20,23,25H,4-5,18-19H2,1-3H3;3-14,16,19,21,28H,15H2,1-2H3/t2*23-;19-/m111/s1. The Morgan fingerprint density at radius 2 is 0.714 bits per heavy atom. The first kappa shape index (κ1) is 70.3. The molecule has 0 bridgehead atoms. The van der Waals surface area contributed by atoms with Crippen LogP contribution in [0, 0.1) is 0 Å². The number of amides is 3. The number of carboxylic acids is 1. The number of nitrogens with zero attached hydrogens (tertiary/aromatic N) is 6. The summed E-state index contributed by atoms with van der Waals surface area (Å²) in [4.78, 5) is 96.0. The van der Waals surface area contributed by atoms with Gasteiger partial charge in [0.05, 0.1) is 31.3 Å². The van der Waals surface area contributed by atoms with E-state index in [4.69, 9.17) is 9.47 Å². The van der Waals surface area contributed by atoms with Gasteiger partial charge in [0.25, 0.3) is 17.7 Å². The zero-order valence-electron chi connectivity index (χ0n) is 57.0. The first-order valence-electron chi connectivity index (χ1n) is 34.1. The third kappa shape index (κ3) is 15.0. The van der Waals surface area contributed by atoms with Crippen molar-refractivity contribution < 1.29 is 38.9 Å². The SMILES string of the molecule is CC(C)N1C[C@H](C(c2ccccc2)c2ccccc2)n2ccc(=O)c(O)c2C1=O.CCCCOc1c2n(cc(C(=O)O)c1=O)[C@@H](C(c1ccccc1)c1ccccc1)CN(C(C)C)C2=O.CCCCOc1c2n(ccc1=O)[C@@H](C(c1ccccc1)c1ccccc1)CN(C(C)C)C2=O. The van der Waals surface area contributed by atoms with Gasteiger partial charge in [0.2, 0.25) is 16.3 Å². The molecule has 3 aliphatic heterocycles. The minimum atomic E-state index is -1.34. The number of carbonyl (C=O) groups excluding carboxylic acids is 3. The van der Waals surface area contributed by atoms with Crippen molar-refractivity contribution >= 4 is 23.7 Å². The van der Waals surface area contributed by atoms with Crippen molar-refractivity contribution in [1.29, 1.82) is 0 Å². The molecule has 0 fully saturated rings. The first-order valence-corrected chi connectivity index (χ1v) is 34.1. The maximum atomic E-state index is 13.7. The molecule has 3 aromatic heterocycles. The number of carbonyl (C=O) groups is 4. The highest BCUT2D eigenvalue weighted by atomic mass is 16.5. The molecular formula is C81H88N6O11. The molecule has 508 valence electrons. The summed E-state index contributed by atoms with van der Waals surface area (Å²) in [5, 5.41) is 20.3. The number of aromatic nitrogens is 3. The van der Waals surface area contributed by atoms with Gasteiger partial charge in [0, 0.05) is 86.2 Å². The molecule has 98 heavy (non-hydrogen) atoms. The second-order valence-corrected chi connectivity index (χ2v) is 26.0. The van der Waals surface area contributed by atoms with Gasteiger partial charge >= 0.3 is 5.97 Å². The van der Waals surface area contributed by atoms with E-state index < -0.39 is 28.1 Å². The molecule has 17 heteroatoms. The van der Waals surface area contributed by atoms with Crippen LogP contribution in [0.5, 0.6) is 17.2 Å². The second-order valence-electron chi connectivity index (χ2n) is 26.0. The molecule has 12 rings (SSSR count). The Morgan fingerprint density at radius 1 is 0.418 bits per heavy atom. The van der Waals surface area contributed by atoms with E-state index in [1.54, 1.807) is 31.3 Å². The molecule has 3 atom stereocenters. The number of fused-ring (bicyclic) bond motifs is 3. The zero-order chi connectivity index (χ0) is 69.7. The largest absolute Gasteiger partial charge is 0.503 e. The van der Waals surface area contributed by atoms with Gasteiger partial charge < -0.3 is 48.1 Å². The van der Waals surface area contributed by atoms with Crippen LogP contribution in [0.25, 0.3) is 0 Å². The summed E-state index contributed by atoms with van der Waals surface area (Å²) in [5.41, 5.74) is 5.23. The molecule has 0 saturated heterocycles. The lowest BCUT2D eigenvalue weighted by Gasteiger charge is -2.42. The van der Waals surface area contributed by atoms with E-state index >= 15 is 0 Å². The molecule has 3 amide bonds. The number of hydrogen-bond acceptors (Lipinski definition) is 10. The molecule has 6 heterocycles. The van der Waals surface area contributed by atoms with Crippen molar-refractivity contribution in [3.05, 3.63) is 299 Å². The second kappa shape index (κ2) is 32.0. The van der Waals surface area contributed by atoms with E-state index in [1.807, 2.05) is 191 Å². The molecule has 0 saturated carbocycles. The van der Waals surface area contributed by atoms with E-state index in [-0.39, 0.29) is 107 Å². The van der Waals surface area contributed by atoms with Crippen molar-refractivity contribution in [2.75, 3.05) is 32.8 Å². The minimum Gasteiger partial charge on any atom is -0.503 e. The number of rotatable bonds is 21. The summed E-state index contributed by atoms with van der Waals surface area (Å²) in [7, 11) is 0. The van der Waals surface area contributed by atoms with Crippen LogP contribution >= 0.6 is 0 Å². The summed E-state index contributed by atoms with van der Waals surface area (Å²) < 4.78 is 17.2. The average Bonchev–Trinajstić information content (AvgIpc) is 0.755. The summed E-state index contributed by atoms with van der Waals surface area (Å²) >= 11 is 0. The quantitative estimate of drug-likeness (QED) is 0.0648. The predicted octanol–water partition coefficient (Wildman–Crippen LogP) is 14.0. The number of hydrogen-bond donors (Lipinski definition) is 2. The van der Waals surface area contributed by atoms with Crippen molar-refractivity contribution in [1.82, 2.24) is 28.4 Å². The van der Waals surface area contributed by atoms with Crippen LogP contribution in [-0.2, 0) is 0 Å². The molecule has 6 aromatic carbocycles. The number of pyridine rings is 3. The van der Waals surface area contributed by atoms with Gasteiger partial charge in [-0.3, -0.25) is 28.8 Å². The van der Waals surface area contributed by atoms with Crippen LogP contribution in [0.1, 0.15) is 192 Å². The third-order valence-electron chi connectivity index (χ3n) is 18.7. The van der Waals surface area contributed by atoms with Crippen molar-refractivity contribution in [2.45, 2.75) is 135 Å². The monoisotopic (exact) mass is 1320 g/mol. The maximum absolute atomic E-state index is 13.7. The van der Waals surface area contributed by atoms with Crippen LogP contribution < -0.4 is 25.8 Å². The van der Waals surface area contributed by atoms with Gasteiger partial charge in [-0.2, -0.15) is 0 Å². The van der Waals surface area contributed by atoms with Crippen molar-refractivity contribution in [3.63, 3.8) is 0 Å². The summed E-state index contributed by atoms with van der Waals surface area (Å²) in [6.45, 7) is 17.9. The molecule has 3 aliphatic rings. The number of benzene rings is 6. The van der Waals surface area contributed by atoms with Gasteiger partial charge in [-0.1, -0.05) is 209 Å². The molecule has 0 unspecified atom stereocenters. The Hall–Kier alpha value is -10.6. The average molecular weight is 1320 g/mol. The maximum Gasteiger partial charge on any atom is 0.341 e. The topological polar surface area (TPSA) is 203 Å². The molecule has 17 nitrogen and oxygen atoms in total. The Bertz CT molecular complexity index is 4270. The molecular weight excluding hydrogens is 1230 g/mol. The van der Waals surface area contributed by atoms with Crippen molar-refractivity contribution in [2.24, 2.45) is 0 Å². The van der Waals surface area contributed by atoms with Crippen LogP contribution in [0.4, 0.5) is 0 Å². The number of aromatic carboxylic acids is 1. The van der Waals surface area contributed by atoms with Crippen molar-refractivity contribution in [3.8, 4) is 17.2 Å². The highest BCUT2D eigenvalue weighted by Gasteiger charge is 2.44. The zero-order valence-corrected chi connectivity index (χ0v) is 57.0. The van der Waals surface area contributed by atoms with Gasteiger partial charge in [0.15, 0.2) is 34.3 Å². The molecule has 0 radical (unpaired) electrons. The highest BCUT2D eigenvalue weighted by molar-refractivity contribution is 5.99. The lowest BCUT2D eigenvalue weighted by Crippen LogP contribution is -2.49. The minimum absolute atomic E-state index is 0.000235. The Kier molecular flexibility index (Phi) is 22.9. The lowest BCUT2D eigenvalue weighted by molar-refractivity contribution is 0.0574. The Morgan fingerprint density at radius 3 is 1.04 bits per heavy atom. The van der Waals surface area contributed by atoms with Gasteiger partial charge in [0.1, 0.15) is 5.56 Å². The number of aromatic hydroxyl groups is 1. The third-order valence-corrected chi connectivity index (χ3v) is 18.7. The fourth-order valence-corrected chi connectivity index (χ4v) is 13.7. The summed E-state index contributed by atoms with van der Waals surface area (Å²) in [6.07, 6.45) is 8.02. The Balaban J connectivity index is 0.000000160. The van der Waals surface area contributed by atoms with Crippen LogP contribution in [0.3, 0.4) is 0 Å². The molecule has 0 aliphatic carbocycles. The normalized spacial score (nSPS) is 15.8. The van der Waals surface area contributed by atoms with Gasteiger partial charge in [-0.05, 0) is 87.8 Å². The first-order chi connectivity index (χ1) is 47.4. The summed E-state index contributed by atoms with van der Waals surface area (Å²) in [6, 6.07) is 63.0. The molecule has 2 N–H and O–H groups in total. The van der Waals surface area contributed by atoms with E-state index in [0.29, 0.717) is 38.4 Å². The lowest BCUT2D eigenvalue weighted by atomic mass is 9.83. The predicted molar refractivity (Wildman–Crippen MR) is 381 cm³/mol. The highest BCUT2D eigenvalue weighted by Crippen LogP contribution is 2.44. The van der Waals surface area contributed by atoms with Crippen LogP contribution in [0.2, 0.25) is 0 Å². The van der Waals surface area contributed by atoms with E-state index in [2.05, 4.69) is 55.5 Å². The van der Waals surface area contributed by atoms with E-state index in [0.717, 1.165) is 41.5 Å². The van der Waals surface area contributed by atoms with Crippen LogP contribution in [0.15, 0.2) is 227 Å². The fraction of sp³-hybridized carbons (Fsp3) is 0.321. The summed E-state index contributed by atoms with van der Waals surface area (Å²) in [5.74, 6) is -2.86. The molecule has 0 spiro atoms. The van der Waals surface area contributed by atoms with E-state index in [9.17, 15) is 43.8 Å². The number of ether oxygens (including phenoxy) is 2. The van der Waals surface area contributed by atoms with Gasteiger partial charge in [-0.25, -0.2) is 4.79 Å². The number of carboxylic acid groups (broad SMARTS) is 1. The van der Waals surface area contributed by atoms with E-state index in [1.165, 1.54) is 29.5 Å². The Labute approximate surface area is 572 Å². The van der Waals surface area contributed by atoms with Gasteiger partial charge in [-0.15, -0.1) is 0 Å². The van der Waals surface area contributed by atoms with Crippen LogP contribution in [-0.4, -0.2) is 113 Å². The fourth-order valence-electron chi connectivity index (χ4n) is 13.7. The smallest absolute Gasteiger partial charge is 0.341 e. The molecule has 9 aromatic rings.